The molecule has 8 heteroatoms. The van der Waals surface area contributed by atoms with Gasteiger partial charge in [0.05, 0.1) is 11.1 Å². The number of hydrogen-bond acceptors (Lipinski definition) is 5. The lowest BCUT2D eigenvalue weighted by Crippen LogP contribution is -2.08. The molecule has 1 saturated carbocycles. The maximum atomic E-state index is 6.17. The number of hydrogen-bond donors (Lipinski definition) is 0. The summed E-state index contributed by atoms with van der Waals surface area (Å²) in [6, 6.07) is 2.23. The summed E-state index contributed by atoms with van der Waals surface area (Å²) in [7, 11) is 0. The molecule has 0 aliphatic heterocycles. The zero-order chi connectivity index (χ0) is 13.2. The second-order valence-corrected chi connectivity index (χ2v) is 6.67. The first-order valence-corrected chi connectivity index (χ1v) is 7.99. The molecule has 1 aliphatic carbocycles. The van der Waals surface area contributed by atoms with Gasteiger partial charge < -0.3 is 0 Å². The van der Waals surface area contributed by atoms with Crippen molar-refractivity contribution in [3.63, 3.8) is 0 Å². The summed E-state index contributed by atoms with van der Waals surface area (Å²) in [6.45, 7) is 0. The second kappa shape index (κ2) is 5.76. The predicted octanol–water partition coefficient (Wildman–Crippen LogP) is 3.75. The summed E-state index contributed by atoms with van der Waals surface area (Å²) in [5, 5.41) is 14.0. The molecule has 0 atom stereocenters. The van der Waals surface area contributed by atoms with Gasteiger partial charge in [-0.15, -0.1) is 5.10 Å². The molecule has 1 fully saturated rings. The van der Waals surface area contributed by atoms with E-state index in [9.17, 15) is 0 Å². The monoisotopic (exact) mass is 359 g/mol. The van der Waals surface area contributed by atoms with Crippen LogP contribution in [0.3, 0.4) is 0 Å². The fourth-order valence-corrected chi connectivity index (χ4v) is 3.73. The molecule has 100 valence electrons. The molecule has 2 heterocycles. The Labute approximate surface area is 128 Å². The van der Waals surface area contributed by atoms with Crippen molar-refractivity contribution >= 4 is 39.3 Å². The molecule has 0 radical (unpaired) electrons. The first-order valence-electron chi connectivity index (χ1n) is 6.01. The molecule has 0 unspecified atom stereocenters. The summed E-state index contributed by atoms with van der Waals surface area (Å²) in [6.07, 6.45) is 6.48. The van der Waals surface area contributed by atoms with Crippen molar-refractivity contribution in [3.05, 3.63) is 21.8 Å². The van der Waals surface area contributed by atoms with Gasteiger partial charge in [-0.05, 0) is 57.0 Å². The van der Waals surface area contributed by atoms with Gasteiger partial charge in [0, 0.05) is 10.7 Å². The Hall–Kier alpha value is -0.660. The van der Waals surface area contributed by atoms with Gasteiger partial charge >= 0.3 is 0 Å². The Morgan fingerprint density at radius 3 is 2.89 bits per heavy atom. The van der Waals surface area contributed by atoms with Crippen LogP contribution < -0.4 is 0 Å². The van der Waals surface area contributed by atoms with Gasteiger partial charge in [0.1, 0.15) is 5.03 Å². The molecule has 0 bridgehead atoms. The average Bonchev–Trinajstić information content (AvgIpc) is 3.03. The van der Waals surface area contributed by atoms with Crippen LogP contribution in [-0.2, 0) is 0 Å². The zero-order valence-electron chi connectivity index (χ0n) is 9.96. The lowest BCUT2D eigenvalue weighted by atomic mass is 10.3. The van der Waals surface area contributed by atoms with Gasteiger partial charge in [-0.3, -0.25) is 0 Å². The molecular weight excluding hydrogens is 350 g/mol. The maximum Gasteiger partial charge on any atom is 0.215 e. The summed E-state index contributed by atoms with van der Waals surface area (Å²) >= 11 is 10.9. The van der Waals surface area contributed by atoms with E-state index in [2.05, 4.69) is 36.4 Å². The average molecular weight is 361 g/mol. The van der Waals surface area contributed by atoms with E-state index in [1.807, 2.05) is 10.7 Å². The Bertz CT molecular complexity index is 584. The Balaban J connectivity index is 1.85. The third-order valence-electron chi connectivity index (χ3n) is 3.10. The minimum Gasteiger partial charge on any atom is -0.247 e. The van der Waals surface area contributed by atoms with Crippen LogP contribution in [0, 0.1) is 0 Å². The fourth-order valence-electron chi connectivity index (χ4n) is 2.19. The van der Waals surface area contributed by atoms with Crippen LogP contribution in [0.4, 0.5) is 0 Å². The van der Waals surface area contributed by atoms with Crippen molar-refractivity contribution < 1.29 is 0 Å². The van der Waals surface area contributed by atoms with Crippen molar-refractivity contribution in [2.24, 2.45) is 0 Å². The largest absolute Gasteiger partial charge is 0.247 e. The fraction of sp³-hybridized carbons (Fsp3) is 0.455. The van der Waals surface area contributed by atoms with Crippen LogP contribution in [0.1, 0.15) is 31.7 Å². The molecule has 0 aromatic carbocycles. The first kappa shape index (κ1) is 13.3. The summed E-state index contributed by atoms with van der Waals surface area (Å²) in [4.78, 5) is 4.30. The van der Waals surface area contributed by atoms with E-state index < -0.39 is 0 Å². The maximum absolute atomic E-state index is 6.17. The van der Waals surface area contributed by atoms with E-state index in [4.69, 9.17) is 11.6 Å². The van der Waals surface area contributed by atoms with E-state index in [1.165, 1.54) is 24.6 Å². The predicted molar refractivity (Wildman–Crippen MR) is 76.4 cm³/mol. The van der Waals surface area contributed by atoms with E-state index in [0.717, 1.165) is 27.5 Å². The van der Waals surface area contributed by atoms with Crippen molar-refractivity contribution in [2.45, 2.75) is 41.9 Å². The Morgan fingerprint density at radius 1 is 1.37 bits per heavy atom. The van der Waals surface area contributed by atoms with Crippen molar-refractivity contribution in [1.82, 2.24) is 25.2 Å². The molecule has 2 aromatic rings. The van der Waals surface area contributed by atoms with Crippen molar-refractivity contribution in [3.8, 4) is 0 Å². The van der Waals surface area contributed by atoms with Gasteiger partial charge in [0.2, 0.25) is 5.16 Å². The highest BCUT2D eigenvalue weighted by molar-refractivity contribution is 9.10. The molecule has 2 aromatic heterocycles. The van der Waals surface area contributed by atoms with Crippen LogP contribution >= 0.6 is 39.3 Å². The zero-order valence-corrected chi connectivity index (χ0v) is 13.1. The molecule has 5 nitrogen and oxygen atoms in total. The minimum absolute atomic E-state index is 0.409. The highest BCUT2D eigenvalue weighted by atomic mass is 79.9. The molecule has 0 N–H and O–H groups in total. The van der Waals surface area contributed by atoms with Crippen LogP contribution in [0.25, 0.3) is 0 Å². The number of pyridine rings is 1. The van der Waals surface area contributed by atoms with Crippen LogP contribution in [0.2, 0.25) is 5.02 Å². The van der Waals surface area contributed by atoms with Crippen molar-refractivity contribution in [2.75, 3.05) is 0 Å². The molecule has 1 aliphatic rings. The molecule has 3 rings (SSSR count). The Morgan fingerprint density at radius 2 is 2.16 bits per heavy atom. The van der Waals surface area contributed by atoms with E-state index in [-0.39, 0.29) is 0 Å². The van der Waals surface area contributed by atoms with Crippen LogP contribution in [0.15, 0.2) is 26.9 Å². The van der Waals surface area contributed by atoms with E-state index >= 15 is 0 Å². The Kier molecular flexibility index (Phi) is 4.04. The van der Waals surface area contributed by atoms with Gasteiger partial charge in [-0.25, -0.2) is 9.67 Å². The first-order chi connectivity index (χ1) is 9.24. The van der Waals surface area contributed by atoms with Crippen molar-refractivity contribution in [1.29, 1.82) is 0 Å². The van der Waals surface area contributed by atoms with E-state index in [1.54, 1.807) is 6.20 Å². The number of halogens is 2. The molecule has 0 saturated heterocycles. The van der Waals surface area contributed by atoms with Crippen LogP contribution in [0.5, 0.6) is 0 Å². The van der Waals surface area contributed by atoms with Gasteiger partial charge in [0.25, 0.3) is 0 Å². The third-order valence-corrected chi connectivity index (χ3v) is 4.90. The smallest absolute Gasteiger partial charge is 0.215 e. The second-order valence-electron chi connectivity index (χ2n) is 4.39. The lowest BCUT2D eigenvalue weighted by molar-refractivity contribution is 0.423. The highest BCUT2D eigenvalue weighted by Crippen LogP contribution is 2.35. The summed E-state index contributed by atoms with van der Waals surface area (Å²) < 4.78 is 2.76. The molecular formula is C11H11BrClN5S. The minimum atomic E-state index is 0.409. The number of aromatic nitrogens is 5. The van der Waals surface area contributed by atoms with Gasteiger partial charge in [-0.2, -0.15) is 0 Å². The lowest BCUT2D eigenvalue weighted by Gasteiger charge is -2.10. The number of tetrazole rings is 1. The highest BCUT2D eigenvalue weighted by Gasteiger charge is 2.22. The SMILES string of the molecule is Clc1cc(Br)cnc1Sc1nnnn1C1CCCC1. The summed E-state index contributed by atoms with van der Waals surface area (Å²) in [5.74, 6) is 0. The molecule has 0 spiro atoms. The van der Waals surface area contributed by atoms with Gasteiger partial charge in [-0.1, -0.05) is 24.4 Å². The molecule has 19 heavy (non-hydrogen) atoms. The van der Waals surface area contributed by atoms with E-state index in [0.29, 0.717) is 11.1 Å². The standard InChI is InChI=1S/C11H11BrClN5S/c12-7-5-9(13)10(14-6-7)19-11-15-16-17-18(11)8-3-1-2-4-8/h5-6,8H,1-4H2. The summed E-state index contributed by atoms with van der Waals surface area (Å²) in [5.41, 5.74) is 0. The normalized spacial score (nSPS) is 16.1. The molecule has 0 amide bonds. The third kappa shape index (κ3) is 2.93. The van der Waals surface area contributed by atoms with Gasteiger partial charge in [0.15, 0.2) is 0 Å². The van der Waals surface area contributed by atoms with Crippen LogP contribution in [-0.4, -0.2) is 25.2 Å². The quantitative estimate of drug-likeness (QED) is 0.834. The number of nitrogens with zero attached hydrogens (tertiary/aromatic N) is 5. The number of rotatable bonds is 3. The topological polar surface area (TPSA) is 56.5 Å².